The first-order chi connectivity index (χ1) is 11.1. The molecule has 0 aliphatic heterocycles. The summed E-state index contributed by atoms with van der Waals surface area (Å²) >= 11 is 0. The predicted octanol–water partition coefficient (Wildman–Crippen LogP) is 3.82. The third kappa shape index (κ3) is 2.90. The van der Waals surface area contributed by atoms with Gasteiger partial charge >= 0.3 is 0 Å². The molecule has 0 saturated heterocycles. The van der Waals surface area contributed by atoms with Gasteiger partial charge in [-0.15, -0.1) is 0 Å². The summed E-state index contributed by atoms with van der Waals surface area (Å²) in [6.07, 6.45) is 0. The molecule has 3 rings (SSSR count). The number of fused-ring (bicyclic) bond motifs is 1. The molecule has 0 atom stereocenters. The fourth-order valence-electron chi connectivity index (χ4n) is 2.44. The summed E-state index contributed by atoms with van der Waals surface area (Å²) in [4.78, 5) is 12.3. The van der Waals surface area contributed by atoms with Crippen LogP contribution < -0.4 is 10.1 Å². The molecular formula is C18H16FNO3. The van der Waals surface area contributed by atoms with E-state index in [1.807, 2.05) is 13.0 Å². The maximum Gasteiger partial charge on any atom is 0.287 e. The number of amides is 1. The van der Waals surface area contributed by atoms with Gasteiger partial charge in [0, 0.05) is 23.1 Å². The van der Waals surface area contributed by atoms with E-state index in [9.17, 15) is 9.18 Å². The number of hydrogen-bond acceptors (Lipinski definition) is 3. The molecule has 0 saturated carbocycles. The van der Waals surface area contributed by atoms with Gasteiger partial charge in [0.05, 0.1) is 7.11 Å². The number of ether oxygens (including phenoxy) is 1. The smallest absolute Gasteiger partial charge is 0.287 e. The van der Waals surface area contributed by atoms with Crippen LogP contribution in [0.1, 0.15) is 21.7 Å². The molecule has 0 fully saturated rings. The van der Waals surface area contributed by atoms with Gasteiger partial charge < -0.3 is 14.5 Å². The molecule has 1 amide bonds. The molecule has 3 aromatic rings. The second-order valence-electron chi connectivity index (χ2n) is 5.19. The van der Waals surface area contributed by atoms with Crippen molar-refractivity contribution in [2.75, 3.05) is 7.11 Å². The van der Waals surface area contributed by atoms with Crippen LogP contribution in [0.3, 0.4) is 0 Å². The van der Waals surface area contributed by atoms with Crippen molar-refractivity contribution in [2.45, 2.75) is 13.5 Å². The van der Waals surface area contributed by atoms with Crippen molar-refractivity contribution in [3.8, 4) is 5.75 Å². The van der Waals surface area contributed by atoms with Gasteiger partial charge in [-0.1, -0.05) is 18.2 Å². The number of hydrogen-bond donors (Lipinski definition) is 1. The third-order valence-corrected chi connectivity index (χ3v) is 3.75. The number of aryl methyl sites for hydroxylation is 1. The second-order valence-corrected chi connectivity index (χ2v) is 5.19. The normalized spacial score (nSPS) is 10.7. The van der Waals surface area contributed by atoms with E-state index in [0.717, 1.165) is 10.9 Å². The lowest BCUT2D eigenvalue weighted by Crippen LogP contribution is -2.23. The van der Waals surface area contributed by atoms with Gasteiger partial charge in [-0.2, -0.15) is 0 Å². The first-order valence-corrected chi connectivity index (χ1v) is 7.19. The van der Waals surface area contributed by atoms with Crippen LogP contribution in [0.25, 0.3) is 11.0 Å². The Labute approximate surface area is 132 Å². The molecule has 1 aromatic heterocycles. The number of rotatable bonds is 4. The Morgan fingerprint density at radius 1 is 1.26 bits per heavy atom. The van der Waals surface area contributed by atoms with E-state index in [1.165, 1.54) is 6.07 Å². The zero-order valence-corrected chi connectivity index (χ0v) is 12.9. The molecule has 1 heterocycles. The van der Waals surface area contributed by atoms with Crippen molar-refractivity contribution < 1.29 is 18.3 Å². The van der Waals surface area contributed by atoms with E-state index in [-0.39, 0.29) is 24.0 Å². The van der Waals surface area contributed by atoms with E-state index < -0.39 is 0 Å². The van der Waals surface area contributed by atoms with Gasteiger partial charge in [0.15, 0.2) is 5.76 Å². The van der Waals surface area contributed by atoms with Gasteiger partial charge in [-0.05, 0) is 31.2 Å². The standard InChI is InChI=1S/C18H16FNO3/c1-11-14-9-13(22-2)7-8-16(14)23-17(11)18(21)20-10-12-5-3-4-6-15(12)19/h3-9H,10H2,1-2H3,(H,20,21). The van der Waals surface area contributed by atoms with Crippen molar-refractivity contribution in [2.24, 2.45) is 0 Å². The first-order valence-electron chi connectivity index (χ1n) is 7.19. The molecule has 0 aliphatic rings. The van der Waals surface area contributed by atoms with E-state index in [0.29, 0.717) is 16.9 Å². The zero-order valence-electron chi connectivity index (χ0n) is 12.9. The summed E-state index contributed by atoms with van der Waals surface area (Å²) < 4.78 is 24.4. The predicted molar refractivity (Wildman–Crippen MR) is 85.1 cm³/mol. The number of nitrogens with one attached hydrogen (secondary N) is 1. The lowest BCUT2D eigenvalue weighted by molar-refractivity contribution is 0.0924. The van der Waals surface area contributed by atoms with Crippen molar-refractivity contribution in [3.05, 3.63) is 65.2 Å². The molecule has 0 aliphatic carbocycles. The first kappa shape index (κ1) is 15.1. The second kappa shape index (κ2) is 6.12. The molecule has 0 radical (unpaired) electrons. The van der Waals surface area contributed by atoms with Crippen LogP contribution in [0.15, 0.2) is 46.9 Å². The fourth-order valence-corrected chi connectivity index (χ4v) is 2.44. The minimum absolute atomic E-state index is 0.102. The lowest BCUT2D eigenvalue weighted by atomic mass is 10.1. The molecule has 5 heteroatoms. The summed E-state index contributed by atoms with van der Waals surface area (Å²) in [5.74, 6) is 0.198. The van der Waals surface area contributed by atoms with Crippen molar-refractivity contribution in [1.29, 1.82) is 0 Å². The molecule has 23 heavy (non-hydrogen) atoms. The van der Waals surface area contributed by atoms with Gasteiger partial charge in [0.1, 0.15) is 17.1 Å². The molecule has 118 valence electrons. The Morgan fingerprint density at radius 3 is 2.78 bits per heavy atom. The SMILES string of the molecule is COc1ccc2oc(C(=O)NCc3ccccc3F)c(C)c2c1. The van der Waals surface area contributed by atoms with Crippen LogP contribution >= 0.6 is 0 Å². The maximum atomic E-state index is 13.6. The topological polar surface area (TPSA) is 51.5 Å². The zero-order chi connectivity index (χ0) is 16.4. The minimum atomic E-state index is -0.374. The van der Waals surface area contributed by atoms with E-state index >= 15 is 0 Å². The Morgan fingerprint density at radius 2 is 2.04 bits per heavy atom. The average molecular weight is 313 g/mol. The van der Waals surface area contributed by atoms with Crippen molar-refractivity contribution in [1.82, 2.24) is 5.32 Å². The Kier molecular flexibility index (Phi) is 4.02. The van der Waals surface area contributed by atoms with E-state index in [2.05, 4.69) is 5.32 Å². The number of carbonyl (C=O) groups is 1. The monoisotopic (exact) mass is 313 g/mol. The van der Waals surface area contributed by atoms with Gasteiger partial charge in [0.25, 0.3) is 5.91 Å². The molecule has 1 N–H and O–H groups in total. The number of furan rings is 1. The summed E-state index contributed by atoms with van der Waals surface area (Å²) in [7, 11) is 1.58. The van der Waals surface area contributed by atoms with E-state index in [4.69, 9.17) is 9.15 Å². The number of halogens is 1. The quantitative estimate of drug-likeness (QED) is 0.796. The van der Waals surface area contributed by atoms with Gasteiger partial charge in [0.2, 0.25) is 0 Å². The van der Waals surface area contributed by atoms with Crippen LogP contribution in [0, 0.1) is 12.7 Å². The van der Waals surface area contributed by atoms with Crippen LogP contribution in [-0.2, 0) is 6.54 Å². The highest BCUT2D eigenvalue weighted by Gasteiger charge is 2.18. The van der Waals surface area contributed by atoms with E-state index in [1.54, 1.807) is 37.4 Å². The van der Waals surface area contributed by atoms with Crippen LogP contribution in [-0.4, -0.2) is 13.0 Å². The van der Waals surface area contributed by atoms with Crippen LogP contribution in [0.5, 0.6) is 5.75 Å². The molecule has 0 bridgehead atoms. The minimum Gasteiger partial charge on any atom is -0.497 e. The fraction of sp³-hybridized carbons (Fsp3) is 0.167. The van der Waals surface area contributed by atoms with Gasteiger partial charge in [-0.3, -0.25) is 4.79 Å². The summed E-state index contributed by atoms with van der Waals surface area (Å²) in [6.45, 7) is 1.91. The number of benzene rings is 2. The van der Waals surface area contributed by atoms with Crippen LogP contribution in [0.4, 0.5) is 4.39 Å². The van der Waals surface area contributed by atoms with Crippen molar-refractivity contribution >= 4 is 16.9 Å². The highest BCUT2D eigenvalue weighted by molar-refractivity contribution is 5.99. The molecule has 0 unspecified atom stereocenters. The molecule has 0 spiro atoms. The summed E-state index contributed by atoms with van der Waals surface area (Å²) in [5.41, 5.74) is 1.76. The summed E-state index contributed by atoms with van der Waals surface area (Å²) in [6, 6.07) is 11.7. The molecule has 2 aromatic carbocycles. The Bertz CT molecular complexity index is 870. The average Bonchev–Trinajstić information content (AvgIpc) is 2.90. The molecular weight excluding hydrogens is 297 g/mol. The lowest BCUT2D eigenvalue weighted by Gasteiger charge is -2.05. The van der Waals surface area contributed by atoms with Crippen LogP contribution in [0.2, 0.25) is 0 Å². The third-order valence-electron chi connectivity index (χ3n) is 3.75. The molecule has 4 nitrogen and oxygen atoms in total. The van der Waals surface area contributed by atoms with Gasteiger partial charge in [-0.25, -0.2) is 4.39 Å². The summed E-state index contributed by atoms with van der Waals surface area (Å²) in [5, 5.41) is 3.50. The maximum absolute atomic E-state index is 13.6. The Hall–Kier alpha value is -2.82. The number of carbonyl (C=O) groups excluding carboxylic acids is 1. The van der Waals surface area contributed by atoms with Crippen molar-refractivity contribution in [3.63, 3.8) is 0 Å². The highest BCUT2D eigenvalue weighted by atomic mass is 19.1. The Balaban J connectivity index is 1.83. The number of methoxy groups -OCH3 is 1. The highest BCUT2D eigenvalue weighted by Crippen LogP contribution is 2.28. The largest absolute Gasteiger partial charge is 0.497 e.